The van der Waals surface area contributed by atoms with Gasteiger partial charge in [-0.05, 0) is 62.8 Å². The van der Waals surface area contributed by atoms with Crippen molar-refractivity contribution in [3.8, 4) is 0 Å². The Labute approximate surface area is 153 Å². The predicted octanol–water partition coefficient (Wildman–Crippen LogP) is 3.54. The van der Waals surface area contributed by atoms with Gasteiger partial charge in [-0.15, -0.1) is 0 Å². The molecule has 2 aromatic rings. The summed E-state index contributed by atoms with van der Waals surface area (Å²) >= 11 is 0. The molecule has 0 amide bonds. The molecule has 0 atom stereocenters. The van der Waals surface area contributed by atoms with E-state index in [-0.39, 0.29) is 0 Å². The largest absolute Gasteiger partial charge is 0.399 e. The SMILES string of the molecule is CO/N=C(\C)c1cccc(CCCO/N=C2\CCCc3cccnc32)n1. The Hall–Kier alpha value is -2.76. The van der Waals surface area contributed by atoms with Gasteiger partial charge in [0, 0.05) is 11.9 Å². The van der Waals surface area contributed by atoms with Gasteiger partial charge < -0.3 is 9.68 Å². The quantitative estimate of drug-likeness (QED) is 0.434. The molecule has 136 valence electrons. The molecule has 2 heterocycles. The van der Waals surface area contributed by atoms with E-state index in [1.807, 2.05) is 37.4 Å². The average molecular weight is 352 g/mol. The molecule has 6 heteroatoms. The van der Waals surface area contributed by atoms with E-state index >= 15 is 0 Å². The van der Waals surface area contributed by atoms with E-state index in [2.05, 4.69) is 26.3 Å². The van der Waals surface area contributed by atoms with E-state index in [1.165, 1.54) is 12.7 Å². The maximum Gasteiger partial charge on any atom is 0.117 e. The predicted molar refractivity (Wildman–Crippen MR) is 101 cm³/mol. The summed E-state index contributed by atoms with van der Waals surface area (Å²) in [4.78, 5) is 19.4. The van der Waals surface area contributed by atoms with Crippen LogP contribution in [0.4, 0.5) is 0 Å². The maximum atomic E-state index is 5.54. The van der Waals surface area contributed by atoms with Gasteiger partial charge in [0.05, 0.1) is 11.4 Å². The van der Waals surface area contributed by atoms with Gasteiger partial charge >= 0.3 is 0 Å². The highest BCUT2D eigenvalue weighted by Gasteiger charge is 2.16. The van der Waals surface area contributed by atoms with Gasteiger partial charge in [0.2, 0.25) is 0 Å². The van der Waals surface area contributed by atoms with Crippen molar-refractivity contribution in [2.75, 3.05) is 13.7 Å². The summed E-state index contributed by atoms with van der Waals surface area (Å²) in [5.74, 6) is 0. The normalized spacial score (nSPS) is 15.6. The molecule has 0 aromatic carbocycles. The van der Waals surface area contributed by atoms with Gasteiger partial charge in [-0.1, -0.05) is 22.4 Å². The lowest BCUT2D eigenvalue weighted by atomic mass is 9.95. The van der Waals surface area contributed by atoms with Gasteiger partial charge in [-0.3, -0.25) is 9.97 Å². The number of nitrogens with zero attached hydrogens (tertiary/aromatic N) is 4. The smallest absolute Gasteiger partial charge is 0.117 e. The first-order valence-corrected chi connectivity index (χ1v) is 8.95. The van der Waals surface area contributed by atoms with Crippen molar-refractivity contribution in [3.63, 3.8) is 0 Å². The van der Waals surface area contributed by atoms with Crippen LogP contribution in [0.15, 0.2) is 46.8 Å². The Bertz CT molecular complexity index is 802. The number of rotatable bonds is 7. The Balaban J connectivity index is 1.51. The first-order chi connectivity index (χ1) is 12.8. The summed E-state index contributed by atoms with van der Waals surface area (Å²) in [6.07, 6.45) is 6.57. The molecule has 3 rings (SSSR count). The molecule has 0 bridgehead atoms. The van der Waals surface area contributed by atoms with Crippen LogP contribution in [0.3, 0.4) is 0 Å². The van der Waals surface area contributed by atoms with Crippen LogP contribution in [0.1, 0.15) is 48.8 Å². The highest BCUT2D eigenvalue weighted by Crippen LogP contribution is 2.19. The molecule has 0 fully saturated rings. The number of hydrogen-bond acceptors (Lipinski definition) is 6. The van der Waals surface area contributed by atoms with Gasteiger partial charge in [0.25, 0.3) is 0 Å². The summed E-state index contributed by atoms with van der Waals surface area (Å²) in [6.45, 7) is 2.44. The fourth-order valence-electron chi connectivity index (χ4n) is 3.00. The molecule has 0 radical (unpaired) electrons. The van der Waals surface area contributed by atoms with Gasteiger partial charge in [-0.2, -0.15) is 0 Å². The Kier molecular flexibility index (Phi) is 6.30. The van der Waals surface area contributed by atoms with Crippen LogP contribution >= 0.6 is 0 Å². The van der Waals surface area contributed by atoms with Crippen LogP contribution in [-0.4, -0.2) is 35.1 Å². The fraction of sp³-hybridized carbons (Fsp3) is 0.400. The zero-order valence-electron chi connectivity index (χ0n) is 15.3. The zero-order chi connectivity index (χ0) is 18.2. The van der Waals surface area contributed by atoms with E-state index in [0.717, 1.165) is 60.6 Å². The Morgan fingerprint density at radius 1 is 1.19 bits per heavy atom. The molecule has 0 N–H and O–H groups in total. The fourth-order valence-corrected chi connectivity index (χ4v) is 3.00. The number of oxime groups is 2. The average Bonchev–Trinajstić information content (AvgIpc) is 2.68. The molecule has 0 saturated carbocycles. The summed E-state index contributed by atoms with van der Waals surface area (Å²) < 4.78 is 0. The first-order valence-electron chi connectivity index (χ1n) is 8.95. The summed E-state index contributed by atoms with van der Waals surface area (Å²) in [7, 11) is 1.53. The Morgan fingerprint density at radius 2 is 2.12 bits per heavy atom. The molecule has 0 spiro atoms. The number of hydrogen-bond donors (Lipinski definition) is 0. The van der Waals surface area contributed by atoms with Crippen LogP contribution in [0, 0.1) is 0 Å². The van der Waals surface area contributed by atoms with E-state index in [4.69, 9.17) is 9.68 Å². The molecule has 1 aliphatic rings. The van der Waals surface area contributed by atoms with Crippen molar-refractivity contribution in [2.45, 2.75) is 39.0 Å². The second-order valence-electron chi connectivity index (χ2n) is 6.21. The molecule has 6 nitrogen and oxygen atoms in total. The maximum absolute atomic E-state index is 5.54. The minimum atomic E-state index is 0.558. The minimum absolute atomic E-state index is 0.558. The van der Waals surface area contributed by atoms with Crippen LogP contribution in [0.2, 0.25) is 0 Å². The van der Waals surface area contributed by atoms with Crippen molar-refractivity contribution in [2.24, 2.45) is 10.3 Å². The van der Waals surface area contributed by atoms with Crippen molar-refractivity contribution in [3.05, 3.63) is 59.2 Å². The molecular formula is C20H24N4O2. The Morgan fingerprint density at radius 3 is 3.00 bits per heavy atom. The molecule has 1 aliphatic carbocycles. The standard InChI is InChI=1S/C20H24N4O2/c1-15(23-25-2)18-11-4-9-17(22-18)10-6-14-26-24-19-12-3-7-16-8-5-13-21-20(16)19/h4-5,8-9,11,13H,3,6-7,10,12,14H2,1-2H3/b23-15+,24-19+. The van der Waals surface area contributed by atoms with E-state index < -0.39 is 0 Å². The molecule has 2 aromatic heterocycles. The van der Waals surface area contributed by atoms with Crippen molar-refractivity contribution >= 4 is 11.4 Å². The zero-order valence-corrected chi connectivity index (χ0v) is 15.3. The van der Waals surface area contributed by atoms with Crippen molar-refractivity contribution < 1.29 is 9.68 Å². The third-order valence-corrected chi connectivity index (χ3v) is 4.27. The van der Waals surface area contributed by atoms with Crippen LogP contribution in [0.5, 0.6) is 0 Å². The van der Waals surface area contributed by atoms with Crippen LogP contribution in [-0.2, 0) is 22.5 Å². The second-order valence-corrected chi connectivity index (χ2v) is 6.21. The number of pyridine rings is 2. The summed E-state index contributed by atoms with van der Waals surface area (Å²) in [6, 6.07) is 10.0. The lowest BCUT2D eigenvalue weighted by Gasteiger charge is -2.15. The third kappa shape index (κ3) is 4.65. The lowest BCUT2D eigenvalue weighted by Crippen LogP contribution is -2.14. The second kappa shape index (κ2) is 9.08. The highest BCUT2D eigenvalue weighted by atomic mass is 16.6. The van der Waals surface area contributed by atoms with E-state index in [1.54, 1.807) is 0 Å². The van der Waals surface area contributed by atoms with Crippen LogP contribution in [0.25, 0.3) is 0 Å². The van der Waals surface area contributed by atoms with Gasteiger partial charge in [0.1, 0.15) is 25.1 Å². The molecular weight excluding hydrogens is 328 g/mol. The molecule has 26 heavy (non-hydrogen) atoms. The highest BCUT2D eigenvalue weighted by molar-refractivity contribution is 6.00. The monoisotopic (exact) mass is 352 g/mol. The first kappa shape index (κ1) is 18.0. The number of fused-ring (bicyclic) bond motifs is 1. The third-order valence-electron chi connectivity index (χ3n) is 4.27. The summed E-state index contributed by atoms with van der Waals surface area (Å²) in [5, 5.41) is 8.25. The number of aryl methyl sites for hydroxylation is 2. The van der Waals surface area contributed by atoms with E-state index in [0.29, 0.717) is 6.61 Å². The molecule has 0 aliphatic heterocycles. The molecule has 0 saturated heterocycles. The van der Waals surface area contributed by atoms with E-state index in [9.17, 15) is 0 Å². The van der Waals surface area contributed by atoms with Crippen LogP contribution < -0.4 is 0 Å². The van der Waals surface area contributed by atoms with Crippen molar-refractivity contribution in [1.29, 1.82) is 0 Å². The van der Waals surface area contributed by atoms with Gasteiger partial charge in [0.15, 0.2) is 0 Å². The molecule has 0 unspecified atom stereocenters. The number of aromatic nitrogens is 2. The minimum Gasteiger partial charge on any atom is -0.399 e. The summed E-state index contributed by atoms with van der Waals surface area (Å²) in [5.41, 5.74) is 5.81. The topological polar surface area (TPSA) is 69.0 Å². The van der Waals surface area contributed by atoms with Crippen molar-refractivity contribution in [1.82, 2.24) is 9.97 Å². The lowest BCUT2D eigenvalue weighted by molar-refractivity contribution is 0.141. The van der Waals surface area contributed by atoms with Gasteiger partial charge in [-0.25, -0.2) is 0 Å².